The van der Waals surface area contributed by atoms with Crippen LogP contribution in [0.25, 0.3) is 0 Å². The maximum absolute atomic E-state index is 13.7. The molecular weight excluding hydrogens is 771 g/mol. The number of ketones is 1. The number of nitrogen functional groups attached to an aromatic ring is 2. The normalized spacial score (nSPS) is 21.2. The molecule has 5 atom stereocenters. The molecule has 7 rings (SSSR count). The SMILES string of the molecule is CC(C)(C)OC(=O)N1CCC[C@H]1C(=O)Cc1ccc(C2C(c3ccc(OCc4ccccc4)cc3)C2c2ccc(N)c(NC(=O)[C@@H]3CCCN3C(=O)OC(C)(C)C)c2)cc1N. The van der Waals surface area contributed by atoms with Crippen LogP contribution in [-0.4, -0.2) is 70.1 Å². The Morgan fingerprint density at radius 3 is 1.80 bits per heavy atom. The molecule has 12 heteroatoms. The average Bonchev–Trinajstić information content (AvgIpc) is 3.49. The number of benzene rings is 4. The van der Waals surface area contributed by atoms with Crippen LogP contribution >= 0.6 is 0 Å². The summed E-state index contributed by atoms with van der Waals surface area (Å²) < 4.78 is 17.3. The first-order valence-electron chi connectivity index (χ1n) is 21.3. The number of nitrogens with two attached hydrogens (primary N) is 2. The van der Waals surface area contributed by atoms with Crippen LogP contribution in [0.1, 0.15) is 113 Å². The summed E-state index contributed by atoms with van der Waals surface area (Å²) in [6.07, 6.45) is 1.65. The number of ether oxygens (including phenoxy) is 3. The largest absolute Gasteiger partial charge is 0.489 e. The van der Waals surface area contributed by atoms with Crippen molar-refractivity contribution in [2.45, 2.75) is 121 Å². The van der Waals surface area contributed by atoms with Gasteiger partial charge in [0.15, 0.2) is 5.78 Å². The molecule has 2 heterocycles. The van der Waals surface area contributed by atoms with Crippen LogP contribution in [0.15, 0.2) is 91.0 Å². The van der Waals surface area contributed by atoms with Crippen LogP contribution in [0.4, 0.5) is 26.7 Å². The molecule has 2 aliphatic heterocycles. The maximum atomic E-state index is 13.7. The molecule has 1 aliphatic carbocycles. The molecule has 0 radical (unpaired) electrons. The maximum Gasteiger partial charge on any atom is 0.410 e. The predicted molar refractivity (Wildman–Crippen MR) is 236 cm³/mol. The van der Waals surface area contributed by atoms with Gasteiger partial charge in [-0.2, -0.15) is 0 Å². The molecular formula is C49H59N5O7. The zero-order valence-corrected chi connectivity index (χ0v) is 36.1. The first-order valence-corrected chi connectivity index (χ1v) is 21.3. The second-order valence-electron chi connectivity index (χ2n) is 18.5. The van der Waals surface area contributed by atoms with Gasteiger partial charge in [0.2, 0.25) is 5.91 Å². The standard InChI is InChI=1S/C49H59N5O7/c1-48(2,3)60-46(57)53-24-10-14-39(53)41(55)28-32-16-17-33(26-37(32)51)43-42(31-18-21-35(22-19-31)59-29-30-12-8-7-9-13-30)44(43)34-20-23-36(50)38(27-34)52-45(56)40-15-11-25-54(40)47(58)61-49(4,5)6/h7-9,12-13,16-23,26-27,39-40,42-44H,10-11,14-15,24-25,28-29,50-51H2,1-6H3,(H,52,56)/t39-,40-,42?,43?,44?/m0/s1. The van der Waals surface area contributed by atoms with E-state index in [0.29, 0.717) is 61.6 Å². The minimum Gasteiger partial charge on any atom is -0.489 e. The van der Waals surface area contributed by atoms with Crippen molar-refractivity contribution in [2.75, 3.05) is 29.9 Å². The highest BCUT2D eigenvalue weighted by atomic mass is 16.6. The summed E-state index contributed by atoms with van der Waals surface area (Å²) in [7, 11) is 0. The van der Waals surface area contributed by atoms with Crippen molar-refractivity contribution < 1.29 is 33.4 Å². The summed E-state index contributed by atoms with van der Waals surface area (Å²) in [4.78, 5) is 56.4. The number of hydrogen-bond donors (Lipinski definition) is 3. The van der Waals surface area contributed by atoms with Gasteiger partial charge in [-0.15, -0.1) is 0 Å². The molecule has 5 N–H and O–H groups in total. The van der Waals surface area contributed by atoms with Crippen LogP contribution in [0, 0.1) is 0 Å². The lowest BCUT2D eigenvalue weighted by Gasteiger charge is -2.28. The van der Waals surface area contributed by atoms with E-state index in [9.17, 15) is 19.2 Å². The predicted octanol–water partition coefficient (Wildman–Crippen LogP) is 8.94. The van der Waals surface area contributed by atoms with Gasteiger partial charge >= 0.3 is 12.2 Å². The van der Waals surface area contributed by atoms with Crippen LogP contribution in [0.3, 0.4) is 0 Å². The topological polar surface area (TPSA) is 167 Å². The van der Waals surface area contributed by atoms with Gasteiger partial charge in [0.1, 0.15) is 29.6 Å². The van der Waals surface area contributed by atoms with E-state index in [0.717, 1.165) is 34.4 Å². The Kier molecular flexibility index (Phi) is 12.4. The quantitative estimate of drug-likeness (QED) is 0.125. The molecule has 61 heavy (non-hydrogen) atoms. The van der Waals surface area contributed by atoms with Gasteiger partial charge in [-0.25, -0.2) is 9.59 Å². The molecule has 322 valence electrons. The third kappa shape index (κ3) is 10.3. The second-order valence-corrected chi connectivity index (χ2v) is 18.5. The van der Waals surface area contributed by atoms with E-state index in [1.165, 1.54) is 4.90 Å². The van der Waals surface area contributed by atoms with E-state index in [1.54, 1.807) is 25.7 Å². The van der Waals surface area contributed by atoms with E-state index in [-0.39, 0.29) is 35.9 Å². The van der Waals surface area contributed by atoms with Crippen molar-refractivity contribution in [1.82, 2.24) is 9.80 Å². The Hall–Kier alpha value is -6.04. The van der Waals surface area contributed by atoms with E-state index in [4.69, 9.17) is 25.7 Å². The third-order valence-electron chi connectivity index (χ3n) is 11.6. The summed E-state index contributed by atoms with van der Waals surface area (Å²) >= 11 is 0. The Bertz CT molecular complexity index is 2250. The van der Waals surface area contributed by atoms with Gasteiger partial charge < -0.3 is 31.0 Å². The van der Waals surface area contributed by atoms with Gasteiger partial charge in [0, 0.05) is 25.2 Å². The second kappa shape index (κ2) is 17.5. The lowest BCUT2D eigenvalue weighted by atomic mass is 9.97. The van der Waals surface area contributed by atoms with E-state index in [2.05, 4.69) is 17.4 Å². The van der Waals surface area contributed by atoms with Gasteiger partial charge in [-0.05, 0) is 143 Å². The Morgan fingerprint density at radius 2 is 1.20 bits per heavy atom. The summed E-state index contributed by atoms with van der Waals surface area (Å²) in [5.74, 6) is 0.461. The molecule has 3 unspecified atom stereocenters. The highest BCUT2D eigenvalue weighted by molar-refractivity contribution is 5.99. The number of rotatable bonds is 11. The number of likely N-dealkylation sites (tertiary alicyclic amines) is 2. The molecule has 2 saturated heterocycles. The summed E-state index contributed by atoms with van der Waals surface area (Å²) in [6, 6.07) is 28.6. The lowest BCUT2D eigenvalue weighted by molar-refractivity contribution is -0.122. The van der Waals surface area contributed by atoms with Gasteiger partial charge in [0.25, 0.3) is 0 Å². The monoisotopic (exact) mass is 829 g/mol. The molecule has 0 spiro atoms. The highest BCUT2D eigenvalue weighted by Crippen LogP contribution is 2.66. The Balaban J connectivity index is 1.12. The number of carbonyl (C=O) groups excluding carboxylic acids is 4. The van der Waals surface area contributed by atoms with Gasteiger partial charge in [-0.3, -0.25) is 19.4 Å². The fourth-order valence-electron chi connectivity index (χ4n) is 8.69. The number of Topliss-reactive ketones (excluding diaryl/α,β-unsaturated/α-hetero) is 1. The van der Waals surface area contributed by atoms with E-state index in [1.807, 2.05) is 99.6 Å². The number of nitrogens with zero attached hydrogens (tertiary/aromatic N) is 2. The first kappa shape index (κ1) is 43.1. The number of amides is 3. The minimum atomic E-state index is -0.685. The lowest BCUT2D eigenvalue weighted by Crippen LogP contribution is -2.45. The van der Waals surface area contributed by atoms with Crippen molar-refractivity contribution >= 4 is 40.9 Å². The van der Waals surface area contributed by atoms with E-state index < -0.39 is 35.5 Å². The molecule has 1 saturated carbocycles. The Labute approximate surface area is 358 Å². The zero-order valence-electron chi connectivity index (χ0n) is 36.1. The smallest absolute Gasteiger partial charge is 0.410 e. The zero-order chi connectivity index (χ0) is 43.6. The fraction of sp³-hybridized carbons (Fsp3) is 0.429. The molecule has 0 aromatic heterocycles. The van der Waals surface area contributed by atoms with Crippen molar-refractivity contribution in [1.29, 1.82) is 0 Å². The summed E-state index contributed by atoms with van der Waals surface area (Å²) in [6.45, 7) is 12.2. The van der Waals surface area contributed by atoms with Gasteiger partial charge in [0.05, 0.1) is 17.4 Å². The average molecular weight is 830 g/mol. The number of nitrogens with one attached hydrogen (secondary N) is 1. The molecule has 0 bridgehead atoms. The molecule has 12 nitrogen and oxygen atoms in total. The highest BCUT2D eigenvalue weighted by Gasteiger charge is 2.53. The van der Waals surface area contributed by atoms with Crippen LogP contribution in [-0.2, 0) is 32.1 Å². The summed E-state index contributed by atoms with van der Waals surface area (Å²) in [5, 5.41) is 3.03. The van der Waals surface area contributed by atoms with Crippen molar-refractivity contribution in [3.63, 3.8) is 0 Å². The van der Waals surface area contributed by atoms with Crippen LogP contribution < -0.4 is 21.5 Å². The van der Waals surface area contributed by atoms with Crippen LogP contribution in [0.2, 0.25) is 0 Å². The molecule has 3 fully saturated rings. The first-order chi connectivity index (χ1) is 29.0. The number of carbonyl (C=O) groups is 4. The molecule has 3 amide bonds. The van der Waals surface area contributed by atoms with E-state index >= 15 is 0 Å². The van der Waals surface area contributed by atoms with Crippen molar-refractivity contribution in [3.8, 4) is 5.75 Å². The van der Waals surface area contributed by atoms with Crippen LogP contribution in [0.5, 0.6) is 5.75 Å². The van der Waals surface area contributed by atoms with Crippen molar-refractivity contribution in [2.24, 2.45) is 0 Å². The van der Waals surface area contributed by atoms with Crippen molar-refractivity contribution in [3.05, 3.63) is 119 Å². The fourth-order valence-corrected chi connectivity index (χ4v) is 8.69. The molecule has 4 aromatic carbocycles. The Morgan fingerprint density at radius 1 is 0.656 bits per heavy atom. The number of hydrogen-bond acceptors (Lipinski definition) is 9. The molecule has 4 aromatic rings. The minimum absolute atomic E-state index is 0.00448. The molecule has 3 aliphatic rings. The summed E-state index contributed by atoms with van der Waals surface area (Å²) in [5.41, 5.74) is 18.2. The third-order valence-corrected chi connectivity index (χ3v) is 11.6. The van der Waals surface area contributed by atoms with Gasteiger partial charge in [-0.1, -0.05) is 60.7 Å². The number of anilines is 3.